The van der Waals surface area contributed by atoms with Crippen LogP contribution in [0.3, 0.4) is 0 Å². The molecule has 0 aliphatic carbocycles. The zero-order valence-corrected chi connectivity index (χ0v) is 16.3. The van der Waals surface area contributed by atoms with Crippen LogP contribution in [-0.4, -0.2) is 34.5 Å². The summed E-state index contributed by atoms with van der Waals surface area (Å²) in [5, 5.41) is 0. The van der Waals surface area contributed by atoms with Crippen molar-refractivity contribution in [1.29, 1.82) is 0 Å². The van der Waals surface area contributed by atoms with E-state index in [-0.39, 0.29) is 17.3 Å². The number of aryl methyl sites for hydroxylation is 2. The SMILES string of the molecule is CCN(C(=O)CNS(=O)(=O)c1cc(C)c(OC)cc1C)c1ccccc1. The number of rotatable bonds is 7. The number of sulfonamides is 1. The number of likely N-dealkylation sites (N-methyl/N-ethyl adjacent to an activating group) is 1. The first-order valence-electron chi connectivity index (χ1n) is 8.30. The van der Waals surface area contributed by atoms with Crippen molar-refractivity contribution in [2.45, 2.75) is 25.7 Å². The maximum atomic E-state index is 12.6. The fourth-order valence-corrected chi connectivity index (χ4v) is 4.00. The number of carbonyl (C=O) groups excluding carboxylic acids is 1. The molecule has 0 aliphatic heterocycles. The van der Waals surface area contributed by atoms with E-state index in [1.165, 1.54) is 12.0 Å². The number of nitrogens with zero attached hydrogens (tertiary/aromatic N) is 1. The highest BCUT2D eigenvalue weighted by atomic mass is 32.2. The predicted molar refractivity (Wildman–Crippen MR) is 102 cm³/mol. The third-order valence-corrected chi connectivity index (χ3v) is 5.62. The first kappa shape index (κ1) is 19.9. The van der Waals surface area contributed by atoms with Gasteiger partial charge in [-0.3, -0.25) is 4.79 Å². The molecule has 0 aromatic heterocycles. The molecule has 6 nitrogen and oxygen atoms in total. The van der Waals surface area contributed by atoms with E-state index in [0.717, 1.165) is 5.69 Å². The van der Waals surface area contributed by atoms with Crippen LogP contribution in [0.15, 0.2) is 47.4 Å². The number of carbonyl (C=O) groups is 1. The lowest BCUT2D eigenvalue weighted by Crippen LogP contribution is -2.40. The van der Waals surface area contributed by atoms with Gasteiger partial charge >= 0.3 is 0 Å². The minimum Gasteiger partial charge on any atom is -0.496 e. The topological polar surface area (TPSA) is 75.7 Å². The van der Waals surface area contributed by atoms with Crippen molar-refractivity contribution in [3.05, 3.63) is 53.6 Å². The molecule has 0 fully saturated rings. The minimum absolute atomic E-state index is 0.145. The van der Waals surface area contributed by atoms with Crippen LogP contribution in [0.4, 0.5) is 5.69 Å². The molecule has 0 atom stereocenters. The number of ether oxygens (including phenoxy) is 1. The van der Waals surface area contributed by atoms with Crippen molar-refractivity contribution in [3.63, 3.8) is 0 Å². The molecule has 2 rings (SSSR count). The lowest BCUT2D eigenvalue weighted by Gasteiger charge is -2.21. The molecule has 0 unspecified atom stereocenters. The summed E-state index contributed by atoms with van der Waals surface area (Å²) in [6, 6.07) is 12.4. The van der Waals surface area contributed by atoms with E-state index in [1.54, 1.807) is 26.0 Å². The number of nitrogens with one attached hydrogen (secondary N) is 1. The van der Waals surface area contributed by atoms with Crippen molar-refractivity contribution >= 4 is 21.6 Å². The number of hydrogen-bond acceptors (Lipinski definition) is 4. The number of anilines is 1. The fraction of sp³-hybridized carbons (Fsp3) is 0.316. The van der Waals surface area contributed by atoms with Crippen LogP contribution >= 0.6 is 0 Å². The Morgan fingerprint density at radius 3 is 2.35 bits per heavy atom. The van der Waals surface area contributed by atoms with Crippen LogP contribution in [-0.2, 0) is 14.8 Å². The molecule has 1 amide bonds. The third kappa shape index (κ3) is 4.42. The van der Waals surface area contributed by atoms with Gasteiger partial charge in [-0.25, -0.2) is 13.1 Å². The van der Waals surface area contributed by atoms with Crippen molar-refractivity contribution in [2.75, 3.05) is 25.1 Å². The first-order valence-corrected chi connectivity index (χ1v) is 9.78. The number of methoxy groups -OCH3 is 1. The number of benzene rings is 2. The Balaban J connectivity index is 2.17. The maximum Gasteiger partial charge on any atom is 0.242 e. The summed E-state index contributed by atoms with van der Waals surface area (Å²) in [6.07, 6.45) is 0. The van der Waals surface area contributed by atoms with Gasteiger partial charge in [0.1, 0.15) is 5.75 Å². The number of amides is 1. The van der Waals surface area contributed by atoms with E-state index < -0.39 is 10.0 Å². The summed E-state index contributed by atoms with van der Waals surface area (Å²) in [5.74, 6) is 0.309. The van der Waals surface area contributed by atoms with E-state index in [0.29, 0.717) is 23.4 Å². The van der Waals surface area contributed by atoms with Crippen molar-refractivity contribution in [2.24, 2.45) is 0 Å². The monoisotopic (exact) mass is 376 g/mol. The van der Waals surface area contributed by atoms with Crippen LogP contribution in [0.2, 0.25) is 0 Å². The van der Waals surface area contributed by atoms with Crippen molar-refractivity contribution < 1.29 is 17.9 Å². The van der Waals surface area contributed by atoms with Crippen LogP contribution in [0.5, 0.6) is 5.75 Å². The Kier molecular flexibility index (Phi) is 6.39. The average molecular weight is 376 g/mol. The van der Waals surface area contributed by atoms with Crippen LogP contribution in [0, 0.1) is 13.8 Å². The molecule has 1 N–H and O–H groups in total. The Morgan fingerprint density at radius 1 is 1.12 bits per heavy atom. The fourth-order valence-electron chi connectivity index (χ4n) is 2.71. The zero-order valence-electron chi connectivity index (χ0n) is 15.4. The van der Waals surface area contributed by atoms with Gasteiger partial charge in [0.25, 0.3) is 0 Å². The van der Waals surface area contributed by atoms with Crippen LogP contribution in [0.1, 0.15) is 18.1 Å². The normalized spacial score (nSPS) is 11.2. The number of hydrogen-bond donors (Lipinski definition) is 1. The molecule has 0 saturated heterocycles. The lowest BCUT2D eigenvalue weighted by atomic mass is 10.1. The summed E-state index contributed by atoms with van der Waals surface area (Å²) in [5.41, 5.74) is 2.00. The molecule has 0 aliphatic rings. The van der Waals surface area contributed by atoms with Crippen LogP contribution in [0.25, 0.3) is 0 Å². The quantitative estimate of drug-likeness (QED) is 0.806. The Hall–Kier alpha value is -2.38. The molecular formula is C19H24N2O4S. The molecule has 2 aromatic rings. The second-order valence-electron chi connectivity index (χ2n) is 5.89. The second kappa shape index (κ2) is 8.33. The molecular weight excluding hydrogens is 352 g/mol. The molecule has 0 radical (unpaired) electrons. The number of para-hydroxylation sites is 1. The smallest absolute Gasteiger partial charge is 0.242 e. The highest BCUT2D eigenvalue weighted by Crippen LogP contribution is 2.25. The maximum absolute atomic E-state index is 12.6. The van der Waals surface area contributed by atoms with E-state index in [9.17, 15) is 13.2 Å². The average Bonchev–Trinajstić information content (AvgIpc) is 2.63. The van der Waals surface area contributed by atoms with E-state index in [2.05, 4.69) is 4.72 Å². The van der Waals surface area contributed by atoms with Gasteiger partial charge in [0.2, 0.25) is 15.9 Å². The highest BCUT2D eigenvalue weighted by molar-refractivity contribution is 7.89. The Morgan fingerprint density at radius 2 is 1.77 bits per heavy atom. The van der Waals surface area contributed by atoms with Gasteiger partial charge in [-0.1, -0.05) is 18.2 Å². The van der Waals surface area contributed by atoms with E-state index in [4.69, 9.17) is 4.74 Å². The summed E-state index contributed by atoms with van der Waals surface area (Å²) in [7, 11) is -2.27. The molecule has 0 spiro atoms. The van der Waals surface area contributed by atoms with Gasteiger partial charge in [0.05, 0.1) is 18.6 Å². The van der Waals surface area contributed by atoms with Gasteiger partial charge in [-0.2, -0.15) is 0 Å². The van der Waals surface area contributed by atoms with Gasteiger partial charge in [-0.05, 0) is 56.2 Å². The molecule has 0 heterocycles. The summed E-state index contributed by atoms with van der Waals surface area (Å²) < 4.78 is 32.9. The Bertz CT molecular complexity index is 880. The van der Waals surface area contributed by atoms with Gasteiger partial charge in [0, 0.05) is 12.2 Å². The molecule has 0 bridgehead atoms. The third-order valence-electron chi connectivity index (χ3n) is 4.08. The van der Waals surface area contributed by atoms with Crippen molar-refractivity contribution in [1.82, 2.24) is 4.72 Å². The van der Waals surface area contributed by atoms with Crippen LogP contribution < -0.4 is 14.4 Å². The van der Waals surface area contributed by atoms with Gasteiger partial charge < -0.3 is 9.64 Å². The van der Waals surface area contributed by atoms with E-state index >= 15 is 0 Å². The predicted octanol–water partition coefficient (Wildman–Crippen LogP) is 2.64. The van der Waals surface area contributed by atoms with Gasteiger partial charge in [0.15, 0.2) is 0 Å². The second-order valence-corrected chi connectivity index (χ2v) is 7.62. The van der Waals surface area contributed by atoms with Crippen molar-refractivity contribution in [3.8, 4) is 5.75 Å². The molecule has 140 valence electrons. The lowest BCUT2D eigenvalue weighted by molar-refractivity contribution is -0.117. The standard InChI is InChI=1S/C19H24N2O4S/c1-5-21(16-9-7-6-8-10-16)19(22)13-20-26(23,24)18-12-14(2)17(25-4)11-15(18)3/h6-12,20H,5,13H2,1-4H3. The highest BCUT2D eigenvalue weighted by Gasteiger charge is 2.21. The minimum atomic E-state index is -3.81. The Labute approximate surface area is 154 Å². The molecule has 0 saturated carbocycles. The zero-order chi connectivity index (χ0) is 19.3. The summed E-state index contributed by atoms with van der Waals surface area (Å²) in [4.78, 5) is 14.2. The largest absolute Gasteiger partial charge is 0.496 e. The van der Waals surface area contributed by atoms with Gasteiger partial charge in [-0.15, -0.1) is 0 Å². The summed E-state index contributed by atoms with van der Waals surface area (Å²) in [6.45, 7) is 5.45. The molecule has 26 heavy (non-hydrogen) atoms. The molecule has 7 heteroatoms. The summed E-state index contributed by atoms with van der Waals surface area (Å²) >= 11 is 0. The first-order chi connectivity index (χ1) is 12.3. The van der Waals surface area contributed by atoms with E-state index in [1.807, 2.05) is 37.3 Å². The molecule has 2 aromatic carbocycles.